The molecule has 4 heterocycles. The molecule has 4 aromatic rings. The summed E-state index contributed by atoms with van der Waals surface area (Å²) in [5.41, 5.74) is 5.19. The third kappa shape index (κ3) is 25.7. The van der Waals surface area contributed by atoms with E-state index in [1.165, 1.54) is 0 Å². The van der Waals surface area contributed by atoms with Crippen LogP contribution in [-0.4, -0.2) is 64.8 Å². The average molecular weight is 839 g/mol. The van der Waals surface area contributed by atoms with Crippen molar-refractivity contribution in [2.75, 3.05) is 18.8 Å². The van der Waals surface area contributed by atoms with E-state index in [0.29, 0.717) is 20.2 Å². The van der Waals surface area contributed by atoms with Crippen molar-refractivity contribution in [2.24, 2.45) is 0 Å². The monoisotopic (exact) mass is 836 g/mol. The number of aryl methyl sites for hydroxylation is 5. The number of pyridine rings is 4. The Balaban J connectivity index is -0.0000000882. The van der Waals surface area contributed by atoms with Crippen LogP contribution in [0.15, 0.2) is 59.1 Å². The van der Waals surface area contributed by atoms with Gasteiger partial charge >= 0.3 is 29.6 Å². The maximum absolute atomic E-state index is 10.9. The maximum atomic E-state index is 10.9. The van der Waals surface area contributed by atoms with Gasteiger partial charge < -0.3 is 34.5 Å². The molecule has 0 aromatic carbocycles. The molecule has 0 saturated heterocycles. The first-order valence-electron chi connectivity index (χ1n) is 12.2. The molecule has 4 rings (SSSR count). The van der Waals surface area contributed by atoms with E-state index in [4.69, 9.17) is 58.0 Å². The molecule has 8 N–H and O–H groups in total. The molecule has 0 aliphatic carbocycles. The number of rotatable bonds is 3. The molecule has 0 aliphatic rings. The standard InChI is InChI=1S/C8H10ClN.C7H8ClNOS.C7H8ClNS.C6H5Cl2N.CH4S.CH4.Na.4H2O/c1-3-8-7(9)4-6(2)5-10-8;1-5-3-6(8)7(9-4-5)11(2)10;1-5-3-6(8)7(10-2)9-4-5;1-4-2-5(7)6(8)9-3-4;1-2;;;;;;/h4-5H,3H2,1-2H3;3-4H,1-2H3;3-4H,1-2H3;2-3H,1H3;2H,1H3;1H4;;4*1H2/q;;;;;;+1;;;;/p-1. The molecule has 0 spiro atoms. The first kappa shape index (κ1) is 62.8. The van der Waals surface area contributed by atoms with E-state index >= 15 is 0 Å². The van der Waals surface area contributed by atoms with E-state index < -0.39 is 10.8 Å². The van der Waals surface area contributed by atoms with Gasteiger partial charge in [0.2, 0.25) is 0 Å². The van der Waals surface area contributed by atoms with Gasteiger partial charge in [0.05, 0.1) is 36.6 Å². The summed E-state index contributed by atoms with van der Waals surface area (Å²) in [5.74, 6) is 0. The summed E-state index contributed by atoms with van der Waals surface area (Å²) >= 11 is 34.3. The van der Waals surface area contributed by atoms with E-state index in [1.54, 1.807) is 48.8 Å². The maximum Gasteiger partial charge on any atom is 1.00 e. The van der Waals surface area contributed by atoms with E-state index in [9.17, 15) is 4.21 Å². The van der Waals surface area contributed by atoms with Gasteiger partial charge in [0, 0.05) is 31.0 Å². The minimum atomic E-state index is -1.09. The summed E-state index contributed by atoms with van der Waals surface area (Å²) in [7, 11) is -1.09. The summed E-state index contributed by atoms with van der Waals surface area (Å²) in [6.07, 6.45) is 13.0. The Morgan fingerprint density at radius 2 is 1.04 bits per heavy atom. The minimum Gasteiger partial charge on any atom is -0.796 e. The second-order valence-corrected chi connectivity index (χ2v) is 12.4. The number of aromatic nitrogens is 4. The van der Waals surface area contributed by atoms with Crippen LogP contribution in [0.2, 0.25) is 25.2 Å². The van der Waals surface area contributed by atoms with Crippen molar-refractivity contribution in [3.63, 3.8) is 0 Å². The van der Waals surface area contributed by atoms with Crippen molar-refractivity contribution in [3.8, 4) is 0 Å². The summed E-state index contributed by atoms with van der Waals surface area (Å²) in [6, 6.07) is 7.38. The molecular formula is C30H46Cl5N4NaO5S3. The van der Waals surface area contributed by atoms with E-state index in [-0.39, 0.29) is 58.9 Å². The largest absolute Gasteiger partial charge is 1.00 e. The second-order valence-electron chi connectivity index (χ2n) is 8.34. The molecular weight excluding hydrogens is 793 g/mol. The van der Waals surface area contributed by atoms with Gasteiger partial charge in [-0.2, -0.15) is 6.26 Å². The number of nitrogens with zero attached hydrogens (tertiary/aromatic N) is 4. The number of halogens is 5. The van der Waals surface area contributed by atoms with Gasteiger partial charge in [0.15, 0.2) is 0 Å². The van der Waals surface area contributed by atoms with Crippen LogP contribution < -0.4 is 29.6 Å². The smallest absolute Gasteiger partial charge is 0.796 e. The Hall–Kier alpha value is -0.260. The van der Waals surface area contributed by atoms with E-state index in [2.05, 4.69) is 32.6 Å². The Morgan fingerprint density at radius 1 is 0.667 bits per heavy atom. The molecule has 0 amide bonds. The van der Waals surface area contributed by atoms with Crippen molar-refractivity contribution < 1.29 is 55.7 Å². The van der Waals surface area contributed by atoms with Crippen LogP contribution >= 0.6 is 69.8 Å². The number of thioether (sulfide) groups is 1. The fourth-order valence-corrected chi connectivity index (χ4v) is 5.37. The topological polar surface area (TPSA) is 195 Å². The quantitative estimate of drug-likeness (QED) is 0.127. The van der Waals surface area contributed by atoms with Crippen LogP contribution in [0.4, 0.5) is 0 Å². The van der Waals surface area contributed by atoms with Gasteiger partial charge in [-0.25, -0.2) is 15.0 Å². The SMILES string of the molecule is C.CCc1ncc(C)cc1Cl.CSc1ncc(C)cc1Cl.C[S-].Cc1cnc(Cl)c(Cl)c1.Cc1cnc(S(C)=O)c(Cl)c1.O.O.O.O.[Na+]. The summed E-state index contributed by atoms with van der Waals surface area (Å²) in [4.78, 5) is 16.0. The van der Waals surface area contributed by atoms with Gasteiger partial charge in [-0.05, 0) is 86.9 Å². The number of hydrogen-bond acceptors (Lipinski definition) is 7. The molecule has 0 fully saturated rings. The van der Waals surface area contributed by atoms with Gasteiger partial charge in [-0.3, -0.25) is 9.19 Å². The molecule has 18 heteroatoms. The Labute approximate surface area is 345 Å². The molecule has 1 unspecified atom stereocenters. The minimum absolute atomic E-state index is 0. The normalized spacial score (nSPS) is 9.04. The average Bonchev–Trinajstić information content (AvgIpc) is 2.93. The molecule has 0 aliphatic heterocycles. The van der Waals surface area contributed by atoms with Crippen LogP contribution in [0.25, 0.3) is 0 Å². The van der Waals surface area contributed by atoms with Crippen LogP contribution in [0.5, 0.6) is 0 Å². The van der Waals surface area contributed by atoms with Crippen molar-refractivity contribution >= 4 is 93.2 Å². The van der Waals surface area contributed by atoms with Crippen LogP contribution in [0.1, 0.15) is 42.3 Å². The van der Waals surface area contributed by atoms with Crippen LogP contribution in [0, 0.1) is 27.7 Å². The van der Waals surface area contributed by atoms with Crippen LogP contribution in [-0.2, 0) is 29.8 Å². The van der Waals surface area contributed by atoms with Gasteiger partial charge in [0.1, 0.15) is 15.2 Å². The zero-order valence-electron chi connectivity index (χ0n) is 27.6. The zero-order valence-corrected chi connectivity index (χ0v) is 35.9. The van der Waals surface area contributed by atoms with E-state index in [1.807, 2.05) is 65.4 Å². The van der Waals surface area contributed by atoms with Gasteiger partial charge in [-0.1, -0.05) is 72.4 Å². The Kier molecular flexibility index (Phi) is 46.0. The predicted octanol–water partition coefficient (Wildman–Crippen LogP) is 4.35. The Bertz CT molecular complexity index is 1400. The molecule has 270 valence electrons. The number of hydrogen-bond donors (Lipinski definition) is 0. The molecule has 0 saturated carbocycles. The summed E-state index contributed by atoms with van der Waals surface area (Å²) in [5, 5.41) is 4.23. The molecule has 4 aromatic heterocycles. The first-order valence-corrected chi connectivity index (χ1v) is 17.7. The molecule has 0 radical (unpaired) electrons. The summed E-state index contributed by atoms with van der Waals surface area (Å²) < 4.78 is 10.9. The molecule has 1 atom stereocenters. The first-order chi connectivity index (χ1) is 19.8. The van der Waals surface area contributed by atoms with Crippen LogP contribution in [0.3, 0.4) is 0 Å². The third-order valence-electron chi connectivity index (χ3n) is 4.68. The second kappa shape index (κ2) is 35.2. The third-order valence-corrected chi connectivity index (χ3v) is 8.07. The van der Waals surface area contributed by atoms with E-state index in [0.717, 1.165) is 49.4 Å². The van der Waals surface area contributed by atoms with Gasteiger partial charge in [0.25, 0.3) is 0 Å². The fraction of sp³-hybridized carbons (Fsp3) is 0.333. The zero-order chi connectivity index (χ0) is 32.4. The predicted molar refractivity (Wildman–Crippen MR) is 209 cm³/mol. The molecule has 9 nitrogen and oxygen atoms in total. The summed E-state index contributed by atoms with van der Waals surface area (Å²) in [6.45, 7) is 9.81. The van der Waals surface area contributed by atoms with Gasteiger partial charge in [-0.15, -0.1) is 11.8 Å². The van der Waals surface area contributed by atoms with Crippen molar-refractivity contribution in [1.82, 2.24) is 19.9 Å². The molecule has 48 heavy (non-hydrogen) atoms. The fourth-order valence-electron chi connectivity index (χ4n) is 2.74. The van der Waals surface area contributed by atoms with Crippen molar-refractivity contribution in [1.29, 1.82) is 0 Å². The van der Waals surface area contributed by atoms with Crippen molar-refractivity contribution in [3.05, 3.63) is 102 Å². The van der Waals surface area contributed by atoms with Crippen molar-refractivity contribution in [2.45, 2.75) is 58.5 Å². The Morgan fingerprint density at radius 3 is 1.38 bits per heavy atom. The molecule has 0 bridgehead atoms.